The van der Waals surface area contributed by atoms with E-state index in [4.69, 9.17) is 14.6 Å². The second kappa shape index (κ2) is 9.34. The molecule has 2 aromatic heterocycles. The van der Waals surface area contributed by atoms with E-state index in [1.165, 1.54) is 6.07 Å². The van der Waals surface area contributed by atoms with Crippen LogP contribution in [0, 0.1) is 0 Å². The maximum absolute atomic E-state index is 12.8. The molecule has 0 bridgehead atoms. The number of nitrogens with zero attached hydrogens (tertiary/aromatic N) is 6. The van der Waals surface area contributed by atoms with Crippen LogP contribution in [0.3, 0.4) is 0 Å². The average Bonchev–Trinajstić information content (AvgIpc) is 3.30. The lowest BCUT2D eigenvalue weighted by atomic mass is 10.2. The molecule has 30 heavy (non-hydrogen) atoms. The smallest absolute Gasteiger partial charge is 0.416 e. The predicted molar refractivity (Wildman–Crippen MR) is 99.1 cm³/mol. The van der Waals surface area contributed by atoms with Gasteiger partial charge in [-0.3, -0.25) is 4.79 Å². The summed E-state index contributed by atoms with van der Waals surface area (Å²) in [6.07, 6.45) is -4.07. The largest absolute Gasteiger partial charge is 0.492 e. The van der Waals surface area contributed by atoms with E-state index in [-0.39, 0.29) is 30.0 Å². The summed E-state index contributed by atoms with van der Waals surface area (Å²) in [5.74, 6) is -0.917. The Labute approximate surface area is 178 Å². The molecule has 1 N–H and O–H groups in total. The van der Waals surface area contributed by atoms with Crippen LogP contribution in [0.5, 0.6) is 10.9 Å². The number of halogens is 4. The number of rotatable bonds is 9. The molecule has 0 unspecified atom stereocenters. The van der Waals surface area contributed by atoms with E-state index in [0.717, 1.165) is 28.3 Å². The topological polar surface area (TPSA) is 125 Å². The van der Waals surface area contributed by atoms with E-state index >= 15 is 0 Å². The maximum atomic E-state index is 12.8. The van der Waals surface area contributed by atoms with Gasteiger partial charge in [-0.05, 0) is 39.3 Å². The summed E-state index contributed by atoms with van der Waals surface area (Å²) in [6.45, 7) is -0.127. The Morgan fingerprint density at radius 1 is 1.20 bits per heavy atom. The molecule has 0 amide bonds. The first-order valence-corrected chi connectivity index (χ1v) is 9.79. The fourth-order valence-corrected chi connectivity index (χ4v) is 3.07. The van der Waals surface area contributed by atoms with Crippen molar-refractivity contribution >= 4 is 33.2 Å². The minimum absolute atomic E-state index is 0.0820. The third-order valence-corrected chi connectivity index (χ3v) is 4.84. The molecule has 160 valence electrons. The minimum Gasteiger partial charge on any atom is -0.492 e. The van der Waals surface area contributed by atoms with Gasteiger partial charge >= 0.3 is 12.1 Å². The van der Waals surface area contributed by atoms with E-state index in [0.29, 0.717) is 15.9 Å². The number of aliphatic carboxylic acids is 1. The van der Waals surface area contributed by atoms with Gasteiger partial charge in [-0.15, -0.1) is 15.3 Å². The molecule has 0 radical (unpaired) electrons. The first-order chi connectivity index (χ1) is 14.2. The van der Waals surface area contributed by atoms with Crippen LogP contribution in [0.25, 0.3) is 10.8 Å². The lowest BCUT2D eigenvalue weighted by molar-refractivity contribution is -0.138. The molecule has 0 fully saturated rings. The molecule has 3 rings (SSSR count). The summed E-state index contributed by atoms with van der Waals surface area (Å²) >= 11 is 4.19. The molecule has 15 heteroatoms. The number of aromatic nitrogens is 6. The van der Waals surface area contributed by atoms with Gasteiger partial charge in [-0.1, -0.05) is 16.4 Å². The van der Waals surface area contributed by atoms with Crippen LogP contribution in [0.15, 0.2) is 22.7 Å². The van der Waals surface area contributed by atoms with Gasteiger partial charge < -0.3 is 14.6 Å². The highest BCUT2D eigenvalue weighted by atomic mass is 79.9. The summed E-state index contributed by atoms with van der Waals surface area (Å²) in [6, 6.07) is 3.16. The van der Waals surface area contributed by atoms with Crippen LogP contribution in [0.2, 0.25) is 0 Å². The second-order valence-corrected chi connectivity index (χ2v) is 7.40. The van der Waals surface area contributed by atoms with Crippen molar-refractivity contribution in [2.75, 3.05) is 13.2 Å². The zero-order valence-corrected chi connectivity index (χ0v) is 17.2. The molecule has 1 aromatic carbocycles. The van der Waals surface area contributed by atoms with Crippen LogP contribution in [-0.2, 0) is 17.5 Å². The molecule has 0 spiro atoms. The quantitative estimate of drug-likeness (QED) is 0.434. The van der Waals surface area contributed by atoms with Crippen molar-refractivity contribution < 1.29 is 32.5 Å². The van der Waals surface area contributed by atoms with Gasteiger partial charge in [0, 0.05) is 6.42 Å². The molecule has 0 aliphatic heterocycles. The lowest BCUT2D eigenvalue weighted by Crippen LogP contribution is -2.11. The average molecular weight is 509 g/mol. The van der Waals surface area contributed by atoms with Crippen LogP contribution < -0.4 is 9.47 Å². The highest BCUT2D eigenvalue weighted by Crippen LogP contribution is 2.35. The van der Waals surface area contributed by atoms with Gasteiger partial charge in [-0.2, -0.15) is 18.0 Å². The van der Waals surface area contributed by atoms with E-state index < -0.39 is 24.3 Å². The summed E-state index contributed by atoms with van der Waals surface area (Å²) in [4.78, 5) is 11.5. The minimum atomic E-state index is -4.45. The van der Waals surface area contributed by atoms with Gasteiger partial charge in [0.1, 0.15) is 5.75 Å². The first-order valence-electron chi connectivity index (χ1n) is 8.18. The Bertz CT molecular complexity index is 1030. The number of hydrogen-bond acceptors (Lipinski definition) is 9. The van der Waals surface area contributed by atoms with Gasteiger partial charge in [0.25, 0.3) is 5.19 Å². The zero-order valence-electron chi connectivity index (χ0n) is 14.8. The van der Waals surface area contributed by atoms with Crippen LogP contribution >= 0.6 is 27.3 Å². The SMILES string of the molecule is O=C(O)Cn1nnc(-c2nnc(OCCCOc3cc(C(F)(F)F)ccc3Br)s2)n1. The Morgan fingerprint density at radius 3 is 2.70 bits per heavy atom. The van der Waals surface area contributed by atoms with Crippen molar-refractivity contribution in [2.45, 2.75) is 19.1 Å². The molecular formula is C15H12BrF3N6O4S. The van der Waals surface area contributed by atoms with E-state index in [1.807, 2.05) is 0 Å². The summed E-state index contributed by atoms with van der Waals surface area (Å²) in [7, 11) is 0. The van der Waals surface area contributed by atoms with Crippen molar-refractivity contribution in [3.05, 3.63) is 28.2 Å². The van der Waals surface area contributed by atoms with Crippen molar-refractivity contribution in [1.82, 2.24) is 30.4 Å². The van der Waals surface area contributed by atoms with Gasteiger partial charge in [0.2, 0.25) is 5.82 Å². The Balaban J connectivity index is 1.47. The number of carboxylic acids is 1. The van der Waals surface area contributed by atoms with Crippen molar-refractivity contribution in [3.63, 3.8) is 0 Å². The molecule has 0 aliphatic carbocycles. The number of ether oxygens (including phenoxy) is 2. The standard InChI is InChI=1S/C15H12BrF3N6O4S/c16-9-3-2-8(15(17,18)19)6-10(9)28-4-1-5-29-14-22-21-13(30-14)12-20-24-25(23-12)7-11(26)27/h2-3,6H,1,4-5,7H2,(H,26,27). The number of benzene rings is 1. The van der Waals surface area contributed by atoms with Crippen LogP contribution in [-0.4, -0.2) is 54.7 Å². The van der Waals surface area contributed by atoms with Gasteiger partial charge in [0.15, 0.2) is 11.6 Å². The number of carboxylic acid groups (broad SMARTS) is 1. The molecule has 0 aliphatic rings. The summed E-state index contributed by atoms with van der Waals surface area (Å²) in [5, 5.41) is 28.0. The van der Waals surface area contributed by atoms with Crippen LogP contribution in [0.4, 0.5) is 13.2 Å². The van der Waals surface area contributed by atoms with Crippen molar-refractivity contribution in [2.24, 2.45) is 0 Å². The number of alkyl halides is 3. The Hall–Kier alpha value is -2.81. The van der Waals surface area contributed by atoms with Crippen molar-refractivity contribution in [3.8, 4) is 21.8 Å². The molecule has 0 saturated heterocycles. The summed E-state index contributed by atoms with van der Waals surface area (Å²) < 4.78 is 49.5. The predicted octanol–water partition coefficient (Wildman–Crippen LogP) is 2.91. The third kappa shape index (κ3) is 5.85. The lowest BCUT2D eigenvalue weighted by Gasteiger charge is -2.12. The Kier molecular flexibility index (Phi) is 6.81. The second-order valence-electron chi connectivity index (χ2n) is 5.60. The van der Waals surface area contributed by atoms with Gasteiger partial charge in [0.05, 0.1) is 23.2 Å². The third-order valence-electron chi connectivity index (χ3n) is 3.36. The number of carbonyl (C=O) groups is 1. The molecular weight excluding hydrogens is 497 g/mol. The highest BCUT2D eigenvalue weighted by molar-refractivity contribution is 9.10. The van der Waals surface area contributed by atoms with E-state index in [9.17, 15) is 18.0 Å². The highest BCUT2D eigenvalue weighted by Gasteiger charge is 2.31. The number of hydrogen-bond donors (Lipinski definition) is 1. The fourth-order valence-electron chi connectivity index (χ4n) is 2.07. The normalized spacial score (nSPS) is 11.5. The zero-order chi connectivity index (χ0) is 21.7. The van der Waals surface area contributed by atoms with Crippen LogP contribution in [0.1, 0.15) is 12.0 Å². The fraction of sp³-hybridized carbons (Fsp3) is 0.333. The van der Waals surface area contributed by atoms with Crippen molar-refractivity contribution in [1.29, 1.82) is 0 Å². The summed E-state index contributed by atoms with van der Waals surface area (Å²) in [5.41, 5.74) is -0.799. The molecule has 0 atom stereocenters. The Morgan fingerprint density at radius 2 is 1.97 bits per heavy atom. The molecule has 3 aromatic rings. The first kappa shape index (κ1) is 21.9. The molecule has 0 saturated carbocycles. The molecule has 10 nitrogen and oxygen atoms in total. The monoisotopic (exact) mass is 508 g/mol. The molecule has 2 heterocycles. The van der Waals surface area contributed by atoms with E-state index in [2.05, 4.69) is 41.5 Å². The maximum Gasteiger partial charge on any atom is 0.416 e. The van der Waals surface area contributed by atoms with Gasteiger partial charge in [-0.25, -0.2) is 0 Å². The number of tetrazole rings is 1. The van der Waals surface area contributed by atoms with E-state index in [1.54, 1.807) is 0 Å².